The zero-order valence-electron chi connectivity index (χ0n) is 7.84. The molecular formula is C6H12BrIMgO4. The maximum atomic E-state index is 9.00. The van der Waals surface area contributed by atoms with Crippen molar-refractivity contribution in [3.05, 3.63) is 6.92 Å². The number of hydrogen-bond acceptors (Lipinski definition) is 3. The molecule has 4 nitrogen and oxygen atoms in total. The Hall–Kier alpha value is 0.826. The molecule has 7 heteroatoms. The second kappa shape index (κ2) is 77.0. The van der Waals surface area contributed by atoms with Gasteiger partial charge in [-0.05, 0) is 4.93 Å². The van der Waals surface area contributed by atoms with Crippen molar-refractivity contribution in [3.8, 4) is 0 Å². The molecule has 0 amide bonds. The van der Waals surface area contributed by atoms with E-state index in [0.717, 1.165) is 6.92 Å². The van der Waals surface area contributed by atoms with E-state index in [9.17, 15) is 0 Å². The second-order valence-electron chi connectivity index (χ2n) is 0.602. The molecular weight excluding hydrogens is 369 g/mol. The summed E-state index contributed by atoms with van der Waals surface area (Å²) in [6.45, 7) is 6.08. The maximum absolute atomic E-state index is 9.00. The van der Waals surface area contributed by atoms with Crippen LogP contribution >= 0.6 is 22.6 Å². The average molecular weight is 381 g/mol. The first kappa shape index (κ1) is 37.1. The Balaban J connectivity index is -0.0000000125. The molecule has 0 aromatic carbocycles. The Labute approximate surface area is 119 Å². The smallest absolute Gasteiger partial charge is 1.00 e. The Kier molecular flexibility index (Phi) is 220. The Bertz CT molecular complexity index is 92.6. The molecule has 13 heavy (non-hydrogen) atoms. The van der Waals surface area contributed by atoms with Gasteiger partial charge in [-0.2, -0.15) is 16.5 Å². The van der Waals surface area contributed by atoms with Gasteiger partial charge in [0.1, 0.15) is 0 Å². The van der Waals surface area contributed by atoms with Crippen molar-refractivity contribution in [2.24, 2.45) is 0 Å². The Morgan fingerprint density at radius 3 is 1.31 bits per heavy atom. The molecule has 0 aromatic rings. The van der Waals surface area contributed by atoms with Gasteiger partial charge in [0.2, 0.25) is 0 Å². The zero-order valence-corrected chi connectivity index (χ0v) is 13.0. The third kappa shape index (κ3) is 2200. The number of carboxylic acids is 1. The molecule has 0 fully saturated rings. The fourth-order valence-electron chi connectivity index (χ4n) is 0. The minimum Gasteiger partial charge on any atom is -1.00 e. The van der Waals surface area contributed by atoms with Crippen LogP contribution in [0.1, 0.15) is 13.8 Å². The maximum Gasteiger partial charge on any atom is 2.00 e. The van der Waals surface area contributed by atoms with E-state index in [1.54, 1.807) is 6.92 Å². The number of carbonyl (C=O) groups excluding carboxylic acids is 2. The Morgan fingerprint density at radius 1 is 1.31 bits per heavy atom. The summed E-state index contributed by atoms with van der Waals surface area (Å²) in [5, 5.41) is 7.42. The minimum absolute atomic E-state index is 0. The van der Waals surface area contributed by atoms with Gasteiger partial charge in [-0.1, -0.05) is 22.6 Å². The summed E-state index contributed by atoms with van der Waals surface area (Å²) >= 11 is 2.15. The molecule has 0 aliphatic heterocycles. The SMILES string of the molecule is CI.C[13C](=O)O.O=[13C]=O.[Br-].[CH2-]C.[Mg+2]. The molecule has 0 radical (unpaired) electrons. The van der Waals surface area contributed by atoms with Crippen LogP contribution in [0.5, 0.6) is 0 Å². The third-order valence-corrected chi connectivity index (χ3v) is 0. The van der Waals surface area contributed by atoms with Crippen LogP contribution in [0.4, 0.5) is 0 Å². The molecule has 0 aliphatic carbocycles. The van der Waals surface area contributed by atoms with Crippen LogP contribution in [0.2, 0.25) is 0 Å². The van der Waals surface area contributed by atoms with Crippen LogP contribution in [0.25, 0.3) is 0 Å². The van der Waals surface area contributed by atoms with Crippen LogP contribution < -0.4 is 17.0 Å². The fourth-order valence-corrected chi connectivity index (χ4v) is 0. The van der Waals surface area contributed by atoms with Crippen LogP contribution in [-0.2, 0) is 14.4 Å². The molecule has 76 valence electrons. The molecule has 0 saturated heterocycles. The van der Waals surface area contributed by atoms with Gasteiger partial charge in [-0.25, -0.2) is 0 Å². The third-order valence-electron chi connectivity index (χ3n) is 0. The topological polar surface area (TPSA) is 71.4 Å². The summed E-state index contributed by atoms with van der Waals surface area (Å²) in [5.74, 6) is -0.833. The van der Waals surface area contributed by atoms with E-state index in [1.165, 1.54) is 0 Å². The van der Waals surface area contributed by atoms with E-state index < -0.39 is 5.97 Å². The first-order valence-electron chi connectivity index (χ1n) is 2.42. The van der Waals surface area contributed by atoms with Crippen molar-refractivity contribution in [2.45, 2.75) is 13.8 Å². The normalized spacial score (nSPS) is 3.46. The van der Waals surface area contributed by atoms with Gasteiger partial charge in [0, 0.05) is 6.92 Å². The molecule has 0 aliphatic rings. The van der Waals surface area contributed by atoms with Crippen molar-refractivity contribution in [1.29, 1.82) is 0 Å². The van der Waals surface area contributed by atoms with Crippen LogP contribution in [0.15, 0.2) is 0 Å². The zero-order chi connectivity index (χ0) is 10.3. The van der Waals surface area contributed by atoms with Gasteiger partial charge in [-0.3, -0.25) is 4.79 Å². The van der Waals surface area contributed by atoms with Crippen LogP contribution in [-0.4, -0.2) is 45.2 Å². The van der Waals surface area contributed by atoms with Gasteiger partial charge >= 0.3 is 29.2 Å². The number of alkyl halides is 1. The van der Waals surface area contributed by atoms with E-state index >= 15 is 0 Å². The van der Waals surface area contributed by atoms with E-state index in [4.69, 9.17) is 19.5 Å². The minimum atomic E-state index is -0.833. The van der Waals surface area contributed by atoms with Gasteiger partial charge in [0.15, 0.2) is 0 Å². The number of hydrogen-bond donors (Lipinski definition) is 1. The number of carbonyl (C=O) groups is 1. The first-order valence-corrected chi connectivity index (χ1v) is 4.58. The quantitative estimate of drug-likeness (QED) is 0.174. The summed E-state index contributed by atoms with van der Waals surface area (Å²) in [4.78, 5) is 27.2. The summed E-state index contributed by atoms with van der Waals surface area (Å²) in [6, 6.07) is 0. The number of halogens is 2. The fraction of sp³-hybridized carbons (Fsp3) is 0.500. The number of aliphatic carboxylic acids is 1. The number of carboxylic acid groups (broad SMARTS) is 1. The van der Waals surface area contributed by atoms with Crippen molar-refractivity contribution in [3.63, 3.8) is 0 Å². The summed E-state index contributed by atoms with van der Waals surface area (Å²) in [7, 11) is 0. The van der Waals surface area contributed by atoms with Crippen LogP contribution in [0.3, 0.4) is 0 Å². The predicted molar refractivity (Wildman–Crippen MR) is 55.0 cm³/mol. The van der Waals surface area contributed by atoms with E-state index in [2.05, 4.69) is 29.5 Å². The molecule has 1 N–H and O–H groups in total. The van der Waals surface area contributed by atoms with E-state index in [0.29, 0.717) is 0 Å². The number of rotatable bonds is 0. The molecule has 0 aromatic heterocycles. The van der Waals surface area contributed by atoms with Gasteiger partial charge < -0.3 is 29.0 Å². The van der Waals surface area contributed by atoms with Crippen molar-refractivity contribution >= 4 is 57.8 Å². The first-order chi connectivity index (χ1) is 5.15. The Morgan fingerprint density at radius 2 is 1.31 bits per heavy atom. The molecule has 0 heterocycles. The predicted octanol–water partition coefficient (Wildman–Crippen LogP) is -1.98. The van der Waals surface area contributed by atoms with E-state index in [1.807, 2.05) is 4.93 Å². The van der Waals surface area contributed by atoms with Gasteiger partial charge in [0.25, 0.3) is 5.97 Å². The molecule has 0 rings (SSSR count). The molecule has 0 spiro atoms. The van der Waals surface area contributed by atoms with Gasteiger partial charge in [0.05, 0.1) is 0 Å². The largest absolute Gasteiger partial charge is 2.00 e. The molecule has 0 saturated carbocycles. The molecule has 0 unspecified atom stereocenters. The summed E-state index contributed by atoms with van der Waals surface area (Å²) in [5.41, 5.74) is 0. The summed E-state index contributed by atoms with van der Waals surface area (Å²) < 4.78 is 0. The van der Waals surface area contributed by atoms with Crippen LogP contribution in [0, 0.1) is 6.92 Å². The summed E-state index contributed by atoms with van der Waals surface area (Å²) in [6.07, 6.45) is 0.250. The molecule has 0 atom stereocenters. The van der Waals surface area contributed by atoms with Crippen molar-refractivity contribution < 1.29 is 36.5 Å². The van der Waals surface area contributed by atoms with E-state index in [-0.39, 0.29) is 46.2 Å². The van der Waals surface area contributed by atoms with Gasteiger partial charge in [-0.15, -0.1) is 0 Å². The average Bonchev–Trinajstić information content (AvgIpc) is 1.96. The van der Waals surface area contributed by atoms with Crippen molar-refractivity contribution in [2.75, 3.05) is 4.93 Å². The second-order valence-corrected chi connectivity index (χ2v) is 0.602. The standard InChI is InChI=1S/C2H4O2.C2H5.CH3I.CO2.BrH.Mg/c1-2(3)4;2*1-2;2-1-3;;/h1H3,(H,3,4);1H2,2H3;1H3;;1H;/q;-1;;;;+2/p-1/i2+1;;;1+1;;. The molecule has 0 bridgehead atoms. The van der Waals surface area contributed by atoms with Crippen molar-refractivity contribution in [1.82, 2.24) is 0 Å². The monoisotopic (exact) mass is 380 g/mol.